The van der Waals surface area contributed by atoms with Gasteiger partial charge in [0.15, 0.2) is 5.82 Å². The molecule has 0 saturated heterocycles. The van der Waals surface area contributed by atoms with Gasteiger partial charge in [0.1, 0.15) is 5.75 Å². The molecule has 2 N–H and O–H groups in total. The van der Waals surface area contributed by atoms with Gasteiger partial charge in [-0.15, -0.1) is 5.10 Å². The van der Waals surface area contributed by atoms with Gasteiger partial charge in [-0.05, 0) is 35.5 Å². The lowest BCUT2D eigenvalue weighted by Gasteiger charge is -2.08. The van der Waals surface area contributed by atoms with Crippen molar-refractivity contribution in [3.05, 3.63) is 18.2 Å². The number of nitrogens with zero attached hydrogens (tertiary/aromatic N) is 4. The molecule has 0 aliphatic heterocycles. The van der Waals surface area contributed by atoms with Crippen LogP contribution in [0.1, 0.15) is 6.92 Å². The quantitative estimate of drug-likeness (QED) is 0.788. The molecule has 108 valence electrons. The van der Waals surface area contributed by atoms with Crippen LogP contribution >= 0.6 is 0 Å². The van der Waals surface area contributed by atoms with Crippen LogP contribution in [0.15, 0.2) is 18.2 Å². The molecule has 0 aliphatic carbocycles. The first-order valence-electron chi connectivity index (χ1n) is 6.20. The van der Waals surface area contributed by atoms with Crippen LogP contribution in [0.5, 0.6) is 5.75 Å². The number of aromatic nitrogens is 4. The van der Waals surface area contributed by atoms with Gasteiger partial charge >= 0.3 is 0 Å². The van der Waals surface area contributed by atoms with E-state index in [9.17, 15) is 4.21 Å². The number of hydrogen-bond acceptors (Lipinski definition) is 6. The van der Waals surface area contributed by atoms with Crippen LogP contribution in [0, 0.1) is 0 Å². The second-order valence-electron chi connectivity index (χ2n) is 4.19. The first-order valence-corrected chi connectivity index (χ1v) is 7.93. The number of ether oxygens (including phenoxy) is 1. The fourth-order valence-corrected chi connectivity index (χ4v) is 2.18. The van der Waals surface area contributed by atoms with Gasteiger partial charge in [0.05, 0.1) is 18.8 Å². The molecule has 0 saturated carbocycles. The standard InChI is InChI=1S/C12H17N5O2S/c1-3-19-11-5-4-9(8-10(11)13)12-14-15-16-17(12)6-7-20(2)18/h4-5,8H,3,6-7,13H2,1-2H3. The minimum Gasteiger partial charge on any atom is -0.492 e. The minimum atomic E-state index is -0.887. The Morgan fingerprint density at radius 2 is 2.25 bits per heavy atom. The zero-order valence-electron chi connectivity index (χ0n) is 11.4. The molecule has 1 unspecified atom stereocenters. The maximum Gasteiger partial charge on any atom is 0.182 e. The number of nitrogens with two attached hydrogens (primary N) is 1. The van der Waals surface area contributed by atoms with Crippen molar-refractivity contribution < 1.29 is 8.95 Å². The second kappa shape index (κ2) is 6.47. The Labute approximate surface area is 119 Å². The van der Waals surface area contributed by atoms with Crippen molar-refractivity contribution in [1.29, 1.82) is 0 Å². The van der Waals surface area contributed by atoms with Gasteiger partial charge in [-0.1, -0.05) is 0 Å². The summed E-state index contributed by atoms with van der Waals surface area (Å²) in [6.45, 7) is 2.96. The third-order valence-corrected chi connectivity index (χ3v) is 3.45. The Morgan fingerprint density at radius 3 is 2.90 bits per heavy atom. The van der Waals surface area contributed by atoms with Crippen LogP contribution in [-0.4, -0.2) is 43.0 Å². The summed E-state index contributed by atoms with van der Waals surface area (Å²) in [4.78, 5) is 0. The third kappa shape index (κ3) is 3.32. The number of benzene rings is 1. The number of tetrazole rings is 1. The molecule has 0 aliphatic rings. The molecule has 2 rings (SSSR count). The highest BCUT2D eigenvalue weighted by molar-refractivity contribution is 7.84. The zero-order valence-corrected chi connectivity index (χ0v) is 12.3. The Hall–Kier alpha value is -1.96. The summed E-state index contributed by atoms with van der Waals surface area (Å²) in [5.74, 6) is 1.75. The molecule has 7 nitrogen and oxygen atoms in total. The van der Waals surface area contributed by atoms with Gasteiger partial charge in [0, 0.05) is 28.4 Å². The molecule has 1 aromatic heterocycles. The number of nitrogen functional groups attached to an aromatic ring is 1. The van der Waals surface area contributed by atoms with Crippen LogP contribution in [-0.2, 0) is 17.3 Å². The molecule has 0 amide bonds. The summed E-state index contributed by atoms with van der Waals surface area (Å²) in [5, 5.41) is 11.5. The van der Waals surface area contributed by atoms with Gasteiger partial charge in [0.25, 0.3) is 0 Å². The van der Waals surface area contributed by atoms with Gasteiger partial charge < -0.3 is 10.5 Å². The maximum absolute atomic E-state index is 11.2. The molecule has 1 heterocycles. The summed E-state index contributed by atoms with van der Waals surface area (Å²) in [6.07, 6.45) is 1.65. The summed E-state index contributed by atoms with van der Waals surface area (Å²) in [6, 6.07) is 5.42. The SMILES string of the molecule is CCOc1ccc(-c2nnnn2CCS(C)=O)cc1N. The fraction of sp³-hybridized carbons (Fsp3) is 0.417. The van der Waals surface area contributed by atoms with E-state index in [0.29, 0.717) is 36.2 Å². The number of hydrogen-bond donors (Lipinski definition) is 1. The molecular formula is C12H17N5O2S. The van der Waals surface area contributed by atoms with E-state index in [0.717, 1.165) is 5.56 Å². The lowest BCUT2D eigenvalue weighted by Crippen LogP contribution is -2.09. The van der Waals surface area contributed by atoms with Crippen LogP contribution in [0.2, 0.25) is 0 Å². The Morgan fingerprint density at radius 1 is 1.45 bits per heavy atom. The van der Waals surface area contributed by atoms with Crippen molar-refractivity contribution in [3.63, 3.8) is 0 Å². The monoisotopic (exact) mass is 295 g/mol. The third-order valence-electron chi connectivity index (χ3n) is 2.69. The number of aryl methyl sites for hydroxylation is 1. The Kier molecular flexibility index (Phi) is 4.67. The van der Waals surface area contributed by atoms with Crippen molar-refractivity contribution >= 4 is 16.5 Å². The van der Waals surface area contributed by atoms with Gasteiger partial charge in [0.2, 0.25) is 0 Å². The number of anilines is 1. The fourth-order valence-electron chi connectivity index (χ4n) is 1.75. The average molecular weight is 295 g/mol. The van der Waals surface area contributed by atoms with Crippen molar-refractivity contribution in [2.24, 2.45) is 0 Å². The van der Waals surface area contributed by atoms with E-state index in [-0.39, 0.29) is 0 Å². The van der Waals surface area contributed by atoms with Crippen LogP contribution in [0.4, 0.5) is 5.69 Å². The summed E-state index contributed by atoms with van der Waals surface area (Å²) in [5.41, 5.74) is 7.28. The summed E-state index contributed by atoms with van der Waals surface area (Å²) in [7, 11) is -0.887. The summed E-state index contributed by atoms with van der Waals surface area (Å²) >= 11 is 0. The highest BCUT2D eigenvalue weighted by Crippen LogP contribution is 2.27. The van der Waals surface area contributed by atoms with Crippen molar-refractivity contribution in [2.75, 3.05) is 24.3 Å². The van der Waals surface area contributed by atoms with Crippen LogP contribution < -0.4 is 10.5 Å². The molecule has 20 heavy (non-hydrogen) atoms. The maximum atomic E-state index is 11.2. The lowest BCUT2D eigenvalue weighted by molar-refractivity contribution is 0.342. The Bertz CT molecular complexity index is 614. The zero-order chi connectivity index (χ0) is 14.5. The Balaban J connectivity index is 2.25. The van der Waals surface area contributed by atoms with E-state index in [4.69, 9.17) is 10.5 Å². The van der Waals surface area contributed by atoms with E-state index in [2.05, 4.69) is 15.5 Å². The normalized spacial score (nSPS) is 12.3. The second-order valence-corrected chi connectivity index (χ2v) is 5.74. The first kappa shape index (κ1) is 14.4. The topological polar surface area (TPSA) is 95.9 Å². The average Bonchev–Trinajstić information content (AvgIpc) is 2.87. The molecule has 1 atom stereocenters. The van der Waals surface area contributed by atoms with Crippen molar-refractivity contribution in [1.82, 2.24) is 20.2 Å². The smallest absolute Gasteiger partial charge is 0.182 e. The van der Waals surface area contributed by atoms with E-state index in [1.807, 2.05) is 13.0 Å². The minimum absolute atomic E-state index is 0.499. The lowest BCUT2D eigenvalue weighted by atomic mass is 10.2. The van der Waals surface area contributed by atoms with E-state index in [1.165, 1.54) is 0 Å². The van der Waals surface area contributed by atoms with Crippen molar-refractivity contribution in [2.45, 2.75) is 13.5 Å². The van der Waals surface area contributed by atoms with E-state index >= 15 is 0 Å². The molecule has 0 radical (unpaired) electrons. The molecule has 2 aromatic rings. The molecule has 0 spiro atoms. The predicted octanol–water partition coefficient (Wildman–Crippen LogP) is 0.699. The molecule has 1 aromatic carbocycles. The predicted molar refractivity (Wildman–Crippen MR) is 77.8 cm³/mol. The van der Waals surface area contributed by atoms with Gasteiger partial charge in [-0.2, -0.15) is 0 Å². The summed E-state index contributed by atoms with van der Waals surface area (Å²) < 4.78 is 18.2. The van der Waals surface area contributed by atoms with E-state index < -0.39 is 10.8 Å². The van der Waals surface area contributed by atoms with Gasteiger partial charge in [-0.25, -0.2) is 4.68 Å². The van der Waals surface area contributed by atoms with Crippen LogP contribution in [0.3, 0.4) is 0 Å². The van der Waals surface area contributed by atoms with Crippen LogP contribution in [0.25, 0.3) is 11.4 Å². The van der Waals surface area contributed by atoms with E-state index in [1.54, 1.807) is 23.1 Å². The number of rotatable bonds is 6. The highest BCUT2D eigenvalue weighted by atomic mass is 32.2. The van der Waals surface area contributed by atoms with Crippen molar-refractivity contribution in [3.8, 4) is 17.1 Å². The molecule has 0 fully saturated rings. The molecule has 0 bridgehead atoms. The first-order chi connectivity index (χ1) is 9.61. The molecule has 8 heteroatoms. The van der Waals surface area contributed by atoms with Gasteiger partial charge in [-0.3, -0.25) is 4.21 Å². The highest BCUT2D eigenvalue weighted by Gasteiger charge is 2.11. The largest absolute Gasteiger partial charge is 0.492 e. The molecular weight excluding hydrogens is 278 g/mol.